The normalized spacial score (nSPS) is 30.0. The maximum atomic E-state index is 11.5. The first kappa shape index (κ1) is 16.7. The van der Waals surface area contributed by atoms with Gasteiger partial charge in [0, 0.05) is 41.4 Å². The van der Waals surface area contributed by atoms with Crippen LogP contribution in [0.5, 0.6) is 0 Å². The molecule has 1 aliphatic heterocycles. The Hall–Kier alpha value is -0.710. The fraction of sp³-hybridized carbons (Fsp3) is 0.647. The molecule has 3 nitrogen and oxygen atoms in total. The van der Waals surface area contributed by atoms with Crippen molar-refractivity contribution in [3.63, 3.8) is 0 Å². The molecule has 1 N–H and O–H groups in total. The second-order valence-electron chi connectivity index (χ2n) is 6.50. The van der Waals surface area contributed by atoms with E-state index in [1.807, 2.05) is 0 Å². The van der Waals surface area contributed by atoms with Gasteiger partial charge in [0.15, 0.2) is 0 Å². The second-order valence-corrected chi connectivity index (χ2v) is 8.30. The third-order valence-corrected chi connectivity index (χ3v) is 6.10. The molecule has 0 aromatic heterocycles. The Bertz CT molecular complexity index is 479. The summed E-state index contributed by atoms with van der Waals surface area (Å²) in [5.74, 6) is 0. The predicted octanol–water partition coefficient (Wildman–Crippen LogP) is 2.35. The van der Waals surface area contributed by atoms with Crippen LogP contribution in [0.3, 0.4) is 0 Å². The van der Waals surface area contributed by atoms with Gasteiger partial charge in [0.05, 0.1) is 5.54 Å². The molecule has 4 unspecified atom stereocenters. The molecule has 4 heteroatoms. The van der Waals surface area contributed by atoms with Gasteiger partial charge in [-0.2, -0.15) is 0 Å². The highest BCUT2D eigenvalue weighted by Crippen LogP contribution is 2.26. The van der Waals surface area contributed by atoms with Crippen LogP contribution in [-0.2, 0) is 16.3 Å². The number of benzene rings is 1. The van der Waals surface area contributed by atoms with Crippen LogP contribution < -0.4 is 5.32 Å². The molecular formula is C17H28N2OS. The van der Waals surface area contributed by atoms with Crippen molar-refractivity contribution in [2.75, 3.05) is 25.9 Å². The fourth-order valence-electron chi connectivity index (χ4n) is 2.93. The molecule has 1 aromatic carbocycles. The van der Waals surface area contributed by atoms with Crippen molar-refractivity contribution in [3.05, 3.63) is 35.9 Å². The first-order valence-electron chi connectivity index (χ1n) is 7.79. The second kappa shape index (κ2) is 7.03. The Kier molecular flexibility index (Phi) is 5.58. The van der Waals surface area contributed by atoms with Gasteiger partial charge in [0.1, 0.15) is 0 Å². The maximum absolute atomic E-state index is 11.5. The molecular weight excluding hydrogens is 280 g/mol. The highest BCUT2D eigenvalue weighted by molar-refractivity contribution is 7.84. The third kappa shape index (κ3) is 4.15. The van der Waals surface area contributed by atoms with Crippen LogP contribution in [0.25, 0.3) is 0 Å². The lowest BCUT2D eigenvalue weighted by molar-refractivity contribution is 0.0936. The van der Waals surface area contributed by atoms with Crippen LogP contribution in [-0.4, -0.2) is 46.3 Å². The molecule has 2 rings (SSSR count). The Labute approximate surface area is 131 Å². The van der Waals surface area contributed by atoms with E-state index in [0.29, 0.717) is 6.04 Å². The predicted molar refractivity (Wildman–Crippen MR) is 91.0 cm³/mol. The van der Waals surface area contributed by atoms with Gasteiger partial charge < -0.3 is 5.32 Å². The van der Waals surface area contributed by atoms with E-state index < -0.39 is 10.8 Å². The van der Waals surface area contributed by atoms with E-state index in [4.69, 9.17) is 0 Å². The lowest BCUT2D eigenvalue weighted by Crippen LogP contribution is -2.60. The quantitative estimate of drug-likeness (QED) is 0.906. The number of nitrogens with zero attached hydrogens (tertiary/aromatic N) is 1. The Balaban J connectivity index is 2.03. The van der Waals surface area contributed by atoms with Crippen molar-refractivity contribution in [1.82, 2.24) is 10.2 Å². The standard InChI is InChI=1S/C17H28N2OS/c1-14-12-18-17(3,16-8-6-5-7-9-16)13-19(14)11-10-15(2)21(4)20/h5-9,14-15,18H,10-13H2,1-4H3. The van der Waals surface area contributed by atoms with E-state index in [2.05, 4.69) is 61.3 Å². The molecule has 1 fully saturated rings. The maximum Gasteiger partial charge on any atom is 0.0535 e. The largest absolute Gasteiger partial charge is 0.305 e. The minimum Gasteiger partial charge on any atom is -0.305 e. The van der Waals surface area contributed by atoms with Gasteiger partial charge in [0.25, 0.3) is 0 Å². The van der Waals surface area contributed by atoms with Crippen molar-refractivity contribution in [3.8, 4) is 0 Å². The average Bonchev–Trinajstić information content (AvgIpc) is 2.49. The summed E-state index contributed by atoms with van der Waals surface area (Å²) in [6.07, 6.45) is 2.80. The SMILES string of the molecule is CC1CNC(C)(c2ccccc2)CN1CCC(C)S(C)=O. The number of hydrogen-bond acceptors (Lipinski definition) is 3. The van der Waals surface area contributed by atoms with E-state index in [1.165, 1.54) is 5.56 Å². The molecule has 21 heavy (non-hydrogen) atoms. The van der Waals surface area contributed by atoms with Crippen LogP contribution in [0, 0.1) is 0 Å². The molecule has 0 radical (unpaired) electrons. The molecule has 1 heterocycles. The first-order chi connectivity index (χ1) is 9.92. The smallest absolute Gasteiger partial charge is 0.0535 e. The molecule has 118 valence electrons. The number of piperazine rings is 1. The Morgan fingerprint density at radius 2 is 2.10 bits per heavy atom. The van der Waals surface area contributed by atoms with Crippen molar-refractivity contribution in [1.29, 1.82) is 0 Å². The first-order valence-corrected chi connectivity index (χ1v) is 9.41. The zero-order valence-corrected chi connectivity index (χ0v) is 14.5. The Morgan fingerprint density at radius 1 is 1.43 bits per heavy atom. The summed E-state index contributed by atoms with van der Waals surface area (Å²) in [6, 6.07) is 11.2. The van der Waals surface area contributed by atoms with Crippen LogP contribution in [0.2, 0.25) is 0 Å². The summed E-state index contributed by atoms with van der Waals surface area (Å²) >= 11 is 0. The van der Waals surface area contributed by atoms with Gasteiger partial charge in [-0.15, -0.1) is 0 Å². The van der Waals surface area contributed by atoms with Gasteiger partial charge in [-0.25, -0.2) is 0 Å². The zero-order valence-electron chi connectivity index (χ0n) is 13.6. The van der Waals surface area contributed by atoms with Crippen molar-refractivity contribution >= 4 is 10.8 Å². The highest BCUT2D eigenvalue weighted by Gasteiger charge is 2.35. The molecule has 0 bridgehead atoms. The lowest BCUT2D eigenvalue weighted by Gasteiger charge is -2.45. The minimum atomic E-state index is -0.723. The van der Waals surface area contributed by atoms with Crippen LogP contribution in [0.1, 0.15) is 32.8 Å². The van der Waals surface area contributed by atoms with Crippen LogP contribution in [0.4, 0.5) is 0 Å². The van der Waals surface area contributed by atoms with Gasteiger partial charge >= 0.3 is 0 Å². The summed E-state index contributed by atoms with van der Waals surface area (Å²) in [6.45, 7) is 9.65. The lowest BCUT2D eigenvalue weighted by atomic mass is 9.88. The van der Waals surface area contributed by atoms with Gasteiger partial charge in [-0.3, -0.25) is 9.11 Å². The highest BCUT2D eigenvalue weighted by atomic mass is 32.2. The number of nitrogens with one attached hydrogen (secondary N) is 1. The van der Waals surface area contributed by atoms with Crippen molar-refractivity contribution < 1.29 is 4.21 Å². The van der Waals surface area contributed by atoms with E-state index in [0.717, 1.165) is 26.1 Å². The monoisotopic (exact) mass is 308 g/mol. The third-order valence-electron chi connectivity index (χ3n) is 4.73. The summed E-state index contributed by atoms with van der Waals surface area (Å²) in [5, 5.41) is 3.97. The Morgan fingerprint density at radius 3 is 2.71 bits per heavy atom. The van der Waals surface area contributed by atoms with E-state index >= 15 is 0 Å². The van der Waals surface area contributed by atoms with Crippen molar-refractivity contribution in [2.24, 2.45) is 0 Å². The minimum absolute atomic E-state index is 0.00236. The summed E-state index contributed by atoms with van der Waals surface area (Å²) in [7, 11) is -0.723. The topological polar surface area (TPSA) is 32.3 Å². The molecule has 0 spiro atoms. The molecule has 0 saturated carbocycles. The molecule has 1 aromatic rings. The molecule has 0 amide bonds. The zero-order chi connectivity index (χ0) is 15.5. The van der Waals surface area contributed by atoms with Gasteiger partial charge in [0.2, 0.25) is 0 Å². The average molecular weight is 308 g/mol. The van der Waals surface area contributed by atoms with E-state index in [-0.39, 0.29) is 10.8 Å². The van der Waals surface area contributed by atoms with Crippen LogP contribution >= 0.6 is 0 Å². The van der Waals surface area contributed by atoms with Crippen LogP contribution in [0.15, 0.2) is 30.3 Å². The molecule has 0 aliphatic carbocycles. The summed E-state index contributed by atoms with van der Waals surface area (Å²) in [4.78, 5) is 2.53. The fourth-order valence-corrected chi connectivity index (χ4v) is 3.37. The molecule has 1 saturated heterocycles. The number of hydrogen-bond donors (Lipinski definition) is 1. The van der Waals surface area contributed by atoms with E-state index in [9.17, 15) is 4.21 Å². The number of rotatable bonds is 5. The summed E-state index contributed by atoms with van der Waals surface area (Å²) in [5.41, 5.74) is 1.34. The molecule has 4 atom stereocenters. The van der Waals surface area contributed by atoms with Gasteiger partial charge in [-0.1, -0.05) is 37.3 Å². The summed E-state index contributed by atoms with van der Waals surface area (Å²) < 4.78 is 11.5. The van der Waals surface area contributed by atoms with E-state index in [1.54, 1.807) is 6.26 Å². The van der Waals surface area contributed by atoms with Crippen molar-refractivity contribution in [2.45, 2.75) is 44.0 Å². The molecule has 1 aliphatic rings. The van der Waals surface area contributed by atoms with Gasteiger partial charge in [-0.05, 0) is 32.4 Å².